The van der Waals surface area contributed by atoms with E-state index in [1.54, 1.807) is 6.07 Å². The molecular weight excluding hydrogens is 365 g/mol. The van der Waals surface area contributed by atoms with E-state index in [-0.39, 0.29) is 18.6 Å². The van der Waals surface area contributed by atoms with Crippen molar-refractivity contribution in [1.29, 1.82) is 0 Å². The monoisotopic (exact) mass is 390 g/mol. The fraction of sp³-hybridized carbons (Fsp3) is 0.455. The number of fused-ring (bicyclic) bond motifs is 1. The third-order valence-electron chi connectivity index (χ3n) is 6.07. The Kier molecular flexibility index (Phi) is 5.45. The maximum absolute atomic E-state index is 13.3. The molecule has 2 aromatic carbocycles. The average Bonchev–Trinajstić information content (AvgIpc) is 3.08. The molecule has 1 fully saturated rings. The van der Waals surface area contributed by atoms with E-state index in [0.29, 0.717) is 6.54 Å². The van der Waals surface area contributed by atoms with Gasteiger partial charge < -0.3 is 5.11 Å². The van der Waals surface area contributed by atoms with Gasteiger partial charge in [-0.3, -0.25) is 9.80 Å². The van der Waals surface area contributed by atoms with Gasteiger partial charge >= 0.3 is 6.18 Å². The van der Waals surface area contributed by atoms with Crippen LogP contribution in [0.5, 0.6) is 0 Å². The number of nitrogens with zero attached hydrogens (tertiary/aromatic N) is 2. The molecule has 1 aliphatic carbocycles. The molecule has 1 saturated heterocycles. The molecule has 150 valence electrons. The summed E-state index contributed by atoms with van der Waals surface area (Å²) < 4.78 is 40.0. The average molecular weight is 390 g/mol. The van der Waals surface area contributed by atoms with Crippen LogP contribution < -0.4 is 0 Å². The molecule has 0 spiro atoms. The van der Waals surface area contributed by atoms with E-state index in [9.17, 15) is 13.2 Å². The van der Waals surface area contributed by atoms with Crippen LogP contribution in [0.3, 0.4) is 0 Å². The molecule has 6 heteroatoms. The van der Waals surface area contributed by atoms with E-state index in [0.717, 1.165) is 49.3 Å². The summed E-state index contributed by atoms with van der Waals surface area (Å²) in [6.45, 7) is 4.07. The minimum atomic E-state index is -4.33. The molecule has 0 bridgehead atoms. The van der Waals surface area contributed by atoms with Gasteiger partial charge in [0, 0.05) is 44.7 Å². The predicted octanol–water partition coefficient (Wildman–Crippen LogP) is 3.89. The molecule has 1 heterocycles. The van der Waals surface area contributed by atoms with Crippen molar-refractivity contribution in [2.45, 2.75) is 24.6 Å². The lowest BCUT2D eigenvalue weighted by Gasteiger charge is -2.38. The van der Waals surface area contributed by atoms with Crippen molar-refractivity contribution in [2.24, 2.45) is 0 Å². The van der Waals surface area contributed by atoms with Crippen molar-refractivity contribution in [1.82, 2.24) is 9.80 Å². The molecule has 0 aromatic heterocycles. The van der Waals surface area contributed by atoms with Gasteiger partial charge in [0.25, 0.3) is 0 Å². The number of hydrogen-bond donors (Lipinski definition) is 1. The number of aliphatic hydroxyl groups is 1. The van der Waals surface area contributed by atoms with Gasteiger partial charge in [0.05, 0.1) is 12.2 Å². The number of halogens is 3. The Labute approximate surface area is 163 Å². The number of piperazine rings is 1. The van der Waals surface area contributed by atoms with E-state index < -0.39 is 11.7 Å². The quantitative estimate of drug-likeness (QED) is 0.858. The van der Waals surface area contributed by atoms with Gasteiger partial charge in [0.1, 0.15) is 0 Å². The Morgan fingerprint density at radius 3 is 2.29 bits per heavy atom. The van der Waals surface area contributed by atoms with Crippen LogP contribution in [-0.2, 0) is 6.18 Å². The largest absolute Gasteiger partial charge is 0.416 e. The van der Waals surface area contributed by atoms with Crippen molar-refractivity contribution in [3.8, 4) is 0 Å². The maximum atomic E-state index is 13.3. The van der Waals surface area contributed by atoms with E-state index >= 15 is 0 Å². The topological polar surface area (TPSA) is 26.7 Å². The van der Waals surface area contributed by atoms with Crippen LogP contribution >= 0.6 is 0 Å². The maximum Gasteiger partial charge on any atom is 0.416 e. The first-order chi connectivity index (χ1) is 13.5. The van der Waals surface area contributed by atoms with Crippen molar-refractivity contribution in [3.63, 3.8) is 0 Å². The van der Waals surface area contributed by atoms with E-state index in [1.165, 1.54) is 12.1 Å². The normalized spacial score (nSPS) is 23.7. The minimum Gasteiger partial charge on any atom is -0.395 e. The van der Waals surface area contributed by atoms with Crippen LogP contribution in [-0.4, -0.2) is 54.2 Å². The molecule has 1 N–H and O–H groups in total. The summed E-state index contributed by atoms with van der Waals surface area (Å²) in [5, 5.41) is 9.13. The number of alkyl halides is 3. The minimum absolute atomic E-state index is 0.00113. The highest BCUT2D eigenvalue weighted by Crippen LogP contribution is 2.48. The zero-order chi connectivity index (χ0) is 19.7. The first-order valence-electron chi connectivity index (χ1n) is 9.80. The standard InChI is InChI=1S/C22H25F3N2O/c23-22(24,25)17-6-7-18-19(16-4-2-1-3-5-16)15-21(20(18)14-17)27-10-8-26(9-11-27)12-13-28/h1-7,14,19,21,28H,8-13,15H2/t19-,21+/m0/s1. The summed E-state index contributed by atoms with van der Waals surface area (Å²) >= 11 is 0. The molecule has 3 nitrogen and oxygen atoms in total. The SMILES string of the molecule is OCCN1CCN([C@@H]2C[C@@H](c3ccccc3)c3ccc(C(F)(F)F)cc32)CC1. The first-order valence-corrected chi connectivity index (χ1v) is 9.80. The van der Waals surface area contributed by atoms with Crippen molar-refractivity contribution in [2.75, 3.05) is 39.3 Å². The van der Waals surface area contributed by atoms with Gasteiger partial charge in [0.15, 0.2) is 0 Å². The smallest absolute Gasteiger partial charge is 0.395 e. The molecule has 4 rings (SSSR count). The van der Waals surface area contributed by atoms with Gasteiger partial charge in [-0.05, 0) is 35.2 Å². The Morgan fingerprint density at radius 2 is 1.64 bits per heavy atom. The lowest BCUT2D eigenvalue weighted by Crippen LogP contribution is -2.48. The number of hydrogen-bond acceptors (Lipinski definition) is 3. The van der Waals surface area contributed by atoms with E-state index in [4.69, 9.17) is 5.11 Å². The van der Waals surface area contributed by atoms with E-state index in [2.05, 4.69) is 21.9 Å². The van der Waals surface area contributed by atoms with Crippen molar-refractivity contribution >= 4 is 0 Å². The summed E-state index contributed by atoms with van der Waals surface area (Å²) in [7, 11) is 0. The second-order valence-electron chi connectivity index (χ2n) is 7.66. The second-order valence-corrected chi connectivity index (χ2v) is 7.66. The van der Waals surface area contributed by atoms with Crippen molar-refractivity contribution in [3.05, 3.63) is 70.8 Å². The molecular formula is C22H25F3N2O. The van der Waals surface area contributed by atoms with Crippen LogP contribution in [0.1, 0.15) is 40.6 Å². The predicted molar refractivity (Wildman–Crippen MR) is 102 cm³/mol. The van der Waals surface area contributed by atoms with Crippen LogP contribution in [0.15, 0.2) is 48.5 Å². The van der Waals surface area contributed by atoms with Crippen LogP contribution in [0, 0.1) is 0 Å². The summed E-state index contributed by atoms with van der Waals surface area (Å²) in [6.07, 6.45) is -3.52. The zero-order valence-electron chi connectivity index (χ0n) is 15.7. The Balaban J connectivity index is 1.65. The van der Waals surface area contributed by atoms with Crippen LogP contribution in [0.2, 0.25) is 0 Å². The van der Waals surface area contributed by atoms with Gasteiger partial charge in [0.2, 0.25) is 0 Å². The van der Waals surface area contributed by atoms with Crippen molar-refractivity contribution < 1.29 is 18.3 Å². The summed E-state index contributed by atoms with van der Waals surface area (Å²) in [5.74, 6) is 0.124. The molecule has 0 saturated carbocycles. The fourth-order valence-electron chi connectivity index (χ4n) is 4.62. The van der Waals surface area contributed by atoms with Gasteiger partial charge in [-0.2, -0.15) is 13.2 Å². The number of β-amino-alcohol motifs (C(OH)–C–C–N with tert-alkyl or cyclic N) is 1. The van der Waals surface area contributed by atoms with Crippen LogP contribution in [0.4, 0.5) is 13.2 Å². The number of benzene rings is 2. The van der Waals surface area contributed by atoms with Gasteiger partial charge in [-0.15, -0.1) is 0 Å². The summed E-state index contributed by atoms with van der Waals surface area (Å²) in [6, 6.07) is 14.3. The zero-order valence-corrected chi connectivity index (χ0v) is 15.7. The third kappa shape index (κ3) is 3.81. The molecule has 1 aliphatic heterocycles. The third-order valence-corrected chi connectivity index (χ3v) is 6.07. The number of rotatable bonds is 4. The Morgan fingerprint density at radius 1 is 0.929 bits per heavy atom. The lowest BCUT2D eigenvalue weighted by atomic mass is 9.92. The summed E-state index contributed by atoms with van der Waals surface area (Å²) in [4.78, 5) is 4.52. The van der Waals surface area contributed by atoms with Gasteiger partial charge in [-0.25, -0.2) is 0 Å². The summed E-state index contributed by atoms with van der Waals surface area (Å²) in [5.41, 5.74) is 2.43. The molecule has 2 aliphatic rings. The second kappa shape index (κ2) is 7.85. The van der Waals surface area contributed by atoms with Gasteiger partial charge in [-0.1, -0.05) is 36.4 Å². The highest BCUT2D eigenvalue weighted by molar-refractivity contribution is 5.47. The molecule has 28 heavy (non-hydrogen) atoms. The van der Waals surface area contributed by atoms with Crippen LogP contribution in [0.25, 0.3) is 0 Å². The molecule has 2 aromatic rings. The molecule has 0 radical (unpaired) electrons. The Bertz CT molecular complexity index is 801. The Hall–Kier alpha value is -1.89. The first kappa shape index (κ1) is 19.4. The molecule has 2 atom stereocenters. The molecule has 0 amide bonds. The van der Waals surface area contributed by atoms with E-state index in [1.807, 2.05) is 18.2 Å². The highest BCUT2D eigenvalue weighted by Gasteiger charge is 2.39. The highest BCUT2D eigenvalue weighted by atomic mass is 19.4. The fourth-order valence-corrected chi connectivity index (χ4v) is 4.62. The molecule has 0 unspecified atom stereocenters. The lowest BCUT2D eigenvalue weighted by molar-refractivity contribution is -0.137. The number of aliphatic hydroxyl groups excluding tert-OH is 1.